The molecule has 1 N–H and O–H groups in total. The highest BCUT2D eigenvalue weighted by Gasteiger charge is 2.30. The van der Waals surface area contributed by atoms with Crippen molar-refractivity contribution < 1.29 is 4.57 Å². The standard InChI is InChI=1S/C25H24NOP/c1-2-25(24-19-11-13-20-12-9-10-18-23(20)24)26-28(27,21-14-5-3-6-15-21)22-16-7-4-8-17-22/h3-19,25H,2H2,1H3,(H,26,27). The summed E-state index contributed by atoms with van der Waals surface area (Å²) < 4.78 is 14.4. The molecule has 0 radical (unpaired) electrons. The van der Waals surface area contributed by atoms with Crippen molar-refractivity contribution >= 4 is 28.7 Å². The minimum atomic E-state index is -2.99. The largest absolute Gasteiger partial charge is 0.297 e. The maximum absolute atomic E-state index is 14.4. The molecule has 3 heteroatoms. The minimum Gasteiger partial charge on any atom is -0.297 e. The predicted molar refractivity (Wildman–Crippen MR) is 120 cm³/mol. The normalized spacial score (nSPS) is 12.8. The van der Waals surface area contributed by atoms with Crippen LogP contribution in [0.4, 0.5) is 0 Å². The Morgan fingerprint density at radius 3 is 1.86 bits per heavy atom. The summed E-state index contributed by atoms with van der Waals surface area (Å²) in [5.74, 6) is 0. The lowest BCUT2D eigenvalue weighted by Gasteiger charge is -2.27. The minimum absolute atomic E-state index is 0.0163. The van der Waals surface area contributed by atoms with Crippen molar-refractivity contribution in [2.24, 2.45) is 0 Å². The highest BCUT2D eigenvalue weighted by atomic mass is 31.2. The lowest BCUT2D eigenvalue weighted by molar-refractivity contribution is 0.557. The molecule has 0 bridgehead atoms. The van der Waals surface area contributed by atoms with Crippen molar-refractivity contribution in [1.82, 2.24) is 5.09 Å². The lowest BCUT2D eigenvalue weighted by Crippen LogP contribution is -2.30. The number of nitrogens with one attached hydrogen (secondary N) is 1. The van der Waals surface area contributed by atoms with Crippen LogP contribution in [0.25, 0.3) is 10.8 Å². The number of fused-ring (bicyclic) bond motifs is 1. The van der Waals surface area contributed by atoms with Crippen molar-refractivity contribution in [3.63, 3.8) is 0 Å². The SMILES string of the molecule is CCC(NP(=O)(c1ccccc1)c1ccccc1)c1cccc2ccccc12. The summed E-state index contributed by atoms with van der Waals surface area (Å²) in [5.41, 5.74) is 1.19. The molecule has 1 atom stereocenters. The van der Waals surface area contributed by atoms with Crippen LogP contribution in [0.1, 0.15) is 24.9 Å². The topological polar surface area (TPSA) is 29.1 Å². The Bertz CT molecular complexity index is 1060. The molecule has 4 aromatic carbocycles. The summed E-state index contributed by atoms with van der Waals surface area (Å²) in [7, 11) is -2.99. The van der Waals surface area contributed by atoms with E-state index >= 15 is 0 Å². The molecule has 2 nitrogen and oxygen atoms in total. The van der Waals surface area contributed by atoms with Gasteiger partial charge in [-0.3, -0.25) is 9.65 Å². The molecule has 0 amide bonds. The van der Waals surface area contributed by atoms with Gasteiger partial charge in [0.2, 0.25) is 7.29 Å². The Hall–Kier alpha value is -2.67. The summed E-state index contributed by atoms with van der Waals surface area (Å²) >= 11 is 0. The van der Waals surface area contributed by atoms with E-state index in [4.69, 9.17) is 0 Å². The second-order valence-corrected chi connectivity index (χ2v) is 9.45. The van der Waals surface area contributed by atoms with Gasteiger partial charge in [-0.2, -0.15) is 0 Å². The summed E-state index contributed by atoms with van der Waals surface area (Å²) in [6.07, 6.45) is 0.845. The maximum Gasteiger partial charge on any atom is 0.205 e. The Balaban J connectivity index is 1.83. The van der Waals surface area contributed by atoms with Crippen LogP contribution in [0.3, 0.4) is 0 Å². The van der Waals surface area contributed by atoms with Crippen molar-refractivity contribution in [1.29, 1.82) is 0 Å². The van der Waals surface area contributed by atoms with Gasteiger partial charge in [0.1, 0.15) is 0 Å². The van der Waals surface area contributed by atoms with Gasteiger partial charge in [0.05, 0.1) is 0 Å². The molecule has 0 aliphatic carbocycles. The highest BCUT2D eigenvalue weighted by Crippen LogP contribution is 2.43. The summed E-state index contributed by atoms with van der Waals surface area (Å²) in [4.78, 5) is 0. The van der Waals surface area contributed by atoms with Gasteiger partial charge >= 0.3 is 0 Å². The number of benzene rings is 4. The molecule has 4 rings (SSSR count). The molecule has 0 saturated heterocycles. The van der Waals surface area contributed by atoms with E-state index in [0.29, 0.717) is 0 Å². The molecule has 4 aromatic rings. The molecule has 140 valence electrons. The quantitative estimate of drug-likeness (QED) is 0.424. The first-order valence-corrected chi connectivity index (χ1v) is 11.4. The lowest BCUT2D eigenvalue weighted by atomic mass is 9.98. The van der Waals surface area contributed by atoms with Crippen LogP contribution in [-0.4, -0.2) is 0 Å². The van der Waals surface area contributed by atoms with E-state index in [9.17, 15) is 4.57 Å². The van der Waals surface area contributed by atoms with Crippen LogP contribution in [0.2, 0.25) is 0 Å². The molecular weight excluding hydrogens is 361 g/mol. The monoisotopic (exact) mass is 385 g/mol. The maximum atomic E-state index is 14.4. The molecular formula is C25H24NOP. The van der Waals surface area contributed by atoms with Crippen molar-refractivity contribution in [2.45, 2.75) is 19.4 Å². The van der Waals surface area contributed by atoms with Crippen LogP contribution in [0, 0.1) is 0 Å². The van der Waals surface area contributed by atoms with Gasteiger partial charge in [0, 0.05) is 16.7 Å². The van der Waals surface area contributed by atoms with E-state index in [1.165, 1.54) is 16.3 Å². The summed E-state index contributed by atoms with van der Waals surface area (Å²) in [6, 6.07) is 34.3. The third-order valence-electron chi connectivity index (χ3n) is 5.18. The zero-order valence-electron chi connectivity index (χ0n) is 16.0. The molecule has 0 aromatic heterocycles. The van der Waals surface area contributed by atoms with E-state index in [2.05, 4.69) is 54.5 Å². The van der Waals surface area contributed by atoms with E-state index in [-0.39, 0.29) is 6.04 Å². The Labute approximate surface area is 166 Å². The van der Waals surface area contributed by atoms with Gasteiger partial charge in [-0.25, -0.2) is 0 Å². The fraction of sp³-hybridized carbons (Fsp3) is 0.120. The number of hydrogen-bond donors (Lipinski definition) is 1. The second kappa shape index (κ2) is 8.14. The van der Waals surface area contributed by atoms with Gasteiger partial charge in [-0.1, -0.05) is 85.8 Å². The summed E-state index contributed by atoms with van der Waals surface area (Å²) in [5, 5.41) is 7.65. The average molecular weight is 385 g/mol. The third kappa shape index (κ3) is 3.54. The molecule has 0 saturated carbocycles. The number of rotatable bonds is 6. The van der Waals surface area contributed by atoms with Crippen LogP contribution >= 0.6 is 7.29 Å². The second-order valence-electron chi connectivity index (χ2n) is 6.94. The molecule has 0 heterocycles. The zero-order valence-corrected chi connectivity index (χ0v) is 16.8. The van der Waals surface area contributed by atoms with Crippen LogP contribution in [0.15, 0.2) is 103 Å². The van der Waals surface area contributed by atoms with Crippen LogP contribution in [0.5, 0.6) is 0 Å². The third-order valence-corrected chi connectivity index (χ3v) is 7.91. The van der Waals surface area contributed by atoms with E-state index in [1.54, 1.807) is 0 Å². The molecule has 0 aliphatic rings. The van der Waals surface area contributed by atoms with Crippen molar-refractivity contribution in [2.75, 3.05) is 0 Å². The van der Waals surface area contributed by atoms with Crippen LogP contribution < -0.4 is 15.7 Å². The molecule has 28 heavy (non-hydrogen) atoms. The smallest absolute Gasteiger partial charge is 0.205 e. The molecule has 0 aliphatic heterocycles. The van der Waals surface area contributed by atoms with Gasteiger partial charge in [0.15, 0.2) is 0 Å². The molecule has 0 spiro atoms. The first-order valence-electron chi connectivity index (χ1n) is 9.69. The van der Waals surface area contributed by atoms with Gasteiger partial charge in [-0.15, -0.1) is 0 Å². The summed E-state index contributed by atoms with van der Waals surface area (Å²) in [6.45, 7) is 2.14. The Morgan fingerprint density at radius 2 is 1.25 bits per heavy atom. The van der Waals surface area contributed by atoms with Crippen LogP contribution in [-0.2, 0) is 4.57 Å². The fourth-order valence-corrected chi connectivity index (χ4v) is 6.27. The average Bonchev–Trinajstić information content (AvgIpc) is 2.78. The zero-order chi connectivity index (χ0) is 19.4. The van der Waals surface area contributed by atoms with E-state index in [1.807, 2.05) is 60.7 Å². The van der Waals surface area contributed by atoms with Gasteiger partial charge in [0.25, 0.3) is 0 Å². The van der Waals surface area contributed by atoms with Gasteiger partial charge < -0.3 is 0 Å². The number of hydrogen-bond acceptors (Lipinski definition) is 1. The Kier molecular flexibility index (Phi) is 5.43. The Morgan fingerprint density at radius 1 is 0.714 bits per heavy atom. The first kappa shape index (κ1) is 18.7. The molecule has 1 unspecified atom stereocenters. The highest BCUT2D eigenvalue weighted by molar-refractivity contribution is 7.76. The predicted octanol–water partition coefficient (Wildman–Crippen LogP) is 5.81. The fourth-order valence-electron chi connectivity index (χ4n) is 3.73. The first-order chi connectivity index (χ1) is 13.7. The van der Waals surface area contributed by atoms with Crippen molar-refractivity contribution in [3.8, 4) is 0 Å². The van der Waals surface area contributed by atoms with Crippen molar-refractivity contribution in [3.05, 3.63) is 109 Å². The van der Waals surface area contributed by atoms with E-state index in [0.717, 1.165) is 17.0 Å². The van der Waals surface area contributed by atoms with E-state index < -0.39 is 7.29 Å². The van der Waals surface area contributed by atoms with Gasteiger partial charge in [-0.05, 0) is 47.0 Å². The molecule has 0 fully saturated rings.